The largest absolute Gasteiger partial charge is 0.491 e. The highest BCUT2D eigenvalue weighted by molar-refractivity contribution is 5.26. The molecule has 0 spiro atoms. The van der Waals surface area contributed by atoms with E-state index in [9.17, 15) is 5.11 Å². The van der Waals surface area contributed by atoms with Gasteiger partial charge in [-0.3, -0.25) is 9.97 Å². The summed E-state index contributed by atoms with van der Waals surface area (Å²) in [7, 11) is 0. The van der Waals surface area contributed by atoms with Gasteiger partial charge in [-0.1, -0.05) is 17.7 Å². The molecule has 112 valence electrons. The van der Waals surface area contributed by atoms with Crippen LogP contribution in [-0.2, 0) is 6.54 Å². The molecule has 1 heterocycles. The summed E-state index contributed by atoms with van der Waals surface area (Å²) in [4.78, 5) is 8.41. The molecule has 5 heteroatoms. The fourth-order valence-corrected chi connectivity index (χ4v) is 1.76. The van der Waals surface area contributed by atoms with Crippen LogP contribution in [0.3, 0.4) is 0 Å². The number of nitrogens with zero attached hydrogens (tertiary/aromatic N) is 2. The van der Waals surface area contributed by atoms with Gasteiger partial charge in [-0.2, -0.15) is 0 Å². The molecule has 0 radical (unpaired) electrons. The fraction of sp³-hybridized carbons (Fsp3) is 0.375. The third kappa shape index (κ3) is 5.49. The van der Waals surface area contributed by atoms with Crippen molar-refractivity contribution in [3.05, 3.63) is 53.6 Å². The number of aliphatic hydroxyl groups excluding tert-OH is 1. The minimum Gasteiger partial charge on any atom is -0.491 e. The summed E-state index contributed by atoms with van der Waals surface area (Å²) in [5, 5.41) is 13.0. The molecule has 0 fully saturated rings. The average Bonchev–Trinajstić information content (AvgIpc) is 2.49. The maximum Gasteiger partial charge on any atom is 0.119 e. The lowest BCUT2D eigenvalue weighted by molar-refractivity contribution is 0.106. The second-order valence-electron chi connectivity index (χ2n) is 5.06. The van der Waals surface area contributed by atoms with E-state index in [1.807, 2.05) is 38.1 Å². The zero-order chi connectivity index (χ0) is 15.1. The van der Waals surface area contributed by atoms with Gasteiger partial charge in [-0.25, -0.2) is 0 Å². The Morgan fingerprint density at radius 1 is 1.14 bits per heavy atom. The van der Waals surface area contributed by atoms with Crippen LogP contribution in [0.1, 0.15) is 17.0 Å². The van der Waals surface area contributed by atoms with E-state index in [-0.39, 0.29) is 6.61 Å². The molecular weight excluding hydrogens is 266 g/mol. The van der Waals surface area contributed by atoms with Crippen LogP contribution in [0.25, 0.3) is 0 Å². The van der Waals surface area contributed by atoms with Gasteiger partial charge in [0.2, 0.25) is 0 Å². The Labute approximate surface area is 125 Å². The van der Waals surface area contributed by atoms with Gasteiger partial charge in [0.1, 0.15) is 18.5 Å². The van der Waals surface area contributed by atoms with E-state index >= 15 is 0 Å². The summed E-state index contributed by atoms with van der Waals surface area (Å²) in [6.45, 7) is 5.21. The molecule has 1 unspecified atom stereocenters. The molecule has 21 heavy (non-hydrogen) atoms. The predicted molar refractivity (Wildman–Crippen MR) is 81.2 cm³/mol. The molecule has 0 aliphatic carbocycles. The minimum atomic E-state index is -0.565. The molecule has 1 aromatic carbocycles. The number of hydrogen-bond acceptors (Lipinski definition) is 5. The molecule has 2 aromatic rings. The molecule has 0 aliphatic rings. The van der Waals surface area contributed by atoms with Crippen molar-refractivity contribution in [1.29, 1.82) is 0 Å². The van der Waals surface area contributed by atoms with Crippen molar-refractivity contribution in [2.45, 2.75) is 26.5 Å². The van der Waals surface area contributed by atoms with Crippen LogP contribution in [0.4, 0.5) is 0 Å². The summed E-state index contributed by atoms with van der Waals surface area (Å²) >= 11 is 0. The van der Waals surface area contributed by atoms with Crippen molar-refractivity contribution in [2.24, 2.45) is 0 Å². The number of benzene rings is 1. The smallest absolute Gasteiger partial charge is 0.119 e. The van der Waals surface area contributed by atoms with E-state index in [2.05, 4.69) is 15.3 Å². The molecule has 5 nitrogen and oxygen atoms in total. The Morgan fingerprint density at radius 2 is 1.90 bits per heavy atom. The van der Waals surface area contributed by atoms with Gasteiger partial charge >= 0.3 is 0 Å². The summed E-state index contributed by atoms with van der Waals surface area (Å²) in [6, 6.07) is 7.76. The van der Waals surface area contributed by atoms with E-state index in [1.54, 1.807) is 12.4 Å². The highest BCUT2D eigenvalue weighted by Gasteiger charge is 2.05. The molecule has 2 rings (SSSR count). The standard InChI is InChI=1S/C16H21N3O2/c1-12-3-5-16(6-4-12)21-11-15(20)10-17-8-14-9-18-13(2)7-19-14/h3-7,9,15,17,20H,8,10-11H2,1-2H3. The number of rotatable bonds is 7. The first-order valence-electron chi connectivity index (χ1n) is 6.99. The molecule has 1 aromatic heterocycles. The monoisotopic (exact) mass is 287 g/mol. The van der Waals surface area contributed by atoms with Crippen molar-refractivity contribution in [2.75, 3.05) is 13.2 Å². The second-order valence-corrected chi connectivity index (χ2v) is 5.06. The molecule has 0 bridgehead atoms. The summed E-state index contributed by atoms with van der Waals surface area (Å²) in [6.07, 6.45) is 2.90. The summed E-state index contributed by atoms with van der Waals surface area (Å²) in [5.41, 5.74) is 2.93. The first-order valence-corrected chi connectivity index (χ1v) is 6.99. The number of aliphatic hydroxyl groups is 1. The molecule has 1 atom stereocenters. The van der Waals surface area contributed by atoms with E-state index in [0.29, 0.717) is 13.1 Å². The lowest BCUT2D eigenvalue weighted by atomic mass is 10.2. The molecular formula is C16H21N3O2. The molecule has 0 aliphatic heterocycles. The van der Waals surface area contributed by atoms with Crippen molar-refractivity contribution >= 4 is 0 Å². The summed E-state index contributed by atoms with van der Waals surface area (Å²) < 4.78 is 5.52. The lowest BCUT2D eigenvalue weighted by Gasteiger charge is -2.13. The van der Waals surface area contributed by atoms with Crippen molar-refractivity contribution in [3.8, 4) is 5.75 Å². The Hall–Kier alpha value is -1.98. The highest BCUT2D eigenvalue weighted by Crippen LogP contribution is 2.11. The second kappa shape index (κ2) is 7.71. The quantitative estimate of drug-likeness (QED) is 0.810. The van der Waals surface area contributed by atoms with Gasteiger partial charge in [0.05, 0.1) is 11.4 Å². The Morgan fingerprint density at radius 3 is 2.57 bits per heavy atom. The molecule has 0 saturated heterocycles. The van der Waals surface area contributed by atoms with Crippen LogP contribution in [0.5, 0.6) is 5.75 Å². The van der Waals surface area contributed by atoms with Gasteiger partial charge in [-0.05, 0) is 26.0 Å². The fourth-order valence-electron chi connectivity index (χ4n) is 1.76. The van der Waals surface area contributed by atoms with Crippen LogP contribution < -0.4 is 10.1 Å². The minimum absolute atomic E-state index is 0.260. The first-order chi connectivity index (χ1) is 10.1. The van der Waals surface area contributed by atoms with Crippen molar-refractivity contribution in [3.63, 3.8) is 0 Å². The number of aryl methyl sites for hydroxylation is 2. The maximum absolute atomic E-state index is 9.86. The topological polar surface area (TPSA) is 67.3 Å². The van der Waals surface area contributed by atoms with E-state index in [4.69, 9.17) is 4.74 Å². The van der Waals surface area contributed by atoms with Gasteiger partial charge < -0.3 is 15.2 Å². The molecule has 2 N–H and O–H groups in total. The van der Waals surface area contributed by atoms with Crippen molar-refractivity contribution < 1.29 is 9.84 Å². The highest BCUT2D eigenvalue weighted by atomic mass is 16.5. The van der Waals surface area contributed by atoms with Crippen LogP contribution in [0.15, 0.2) is 36.7 Å². The van der Waals surface area contributed by atoms with Crippen LogP contribution >= 0.6 is 0 Å². The van der Waals surface area contributed by atoms with Crippen LogP contribution in [0, 0.1) is 13.8 Å². The van der Waals surface area contributed by atoms with Crippen molar-refractivity contribution in [1.82, 2.24) is 15.3 Å². The molecule has 0 saturated carbocycles. The zero-order valence-electron chi connectivity index (χ0n) is 12.4. The van der Waals surface area contributed by atoms with Crippen LogP contribution in [0.2, 0.25) is 0 Å². The van der Waals surface area contributed by atoms with Gasteiger partial charge in [0.25, 0.3) is 0 Å². The van der Waals surface area contributed by atoms with Gasteiger partial charge in [-0.15, -0.1) is 0 Å². The van der Waals surface area contributed by atoms with E-state index in [1.165, 1.54) is 5.56 Å². The zero-order valence-corrected chi connectivity index (χ0v) is 12.4. The number of ether oxygens (including phenoxy) is 1. The third-order valence-electron chi connectivity index (χ3n) is 2.98. The van der Waals surface area contributed by atoms with E-state index < -0.39 is 6.10 Å². The number of nitrogens with one attached hydrogen (secondary N) is 1. The van der Waals surface area contributed by atoms with Gasteiger partial charge in [0.15, 0.2) is 0 Å². The average molecular weight is 287 g/mol. The van der Waals surface area contributed by atoms with Gasteiger partial charge in [0, 0.05) is 25.5 Å². The Kier molecular flexibility index (Phi) is 5.66. The SMILES string of the molecule is Cc1ccc(OCC(O)CNCc2cnc(C)cn2)cc1. The molecule has 0 amide bonds. The Bertz CT molecular complexity index is 540. The summed E-state index contributed by atoms with van der Waals surface area (Å²) in [5.74, 6) is 0.768. The lowest BCUT2D eigenvalue weighted by Crippen LogP contribution is -2.31. The van der Waals surface area contributed by atoms with Crippen LogP contribution in [-0.4, -0.2) is 34.3 Å². The number of aromatic nitrogens is 2. The first kappa shape index (κ1) is 15.4. The number of hydrogen-bond donors (Lipinski definition) is 2. The normalized spacial score (nSPS) is 12.1. The third-order valence-corrected chi connectivity index (χ3v) is 2.98. The van der Waals surface area contributed by atoms with E-state index in [0.717, 1.165) is 17.1 Å². The maximum atomic E-state index is 9.86. The predicted octanol–water partition coefficient (Wildman–Crippen LogP) is 1.62. The Balaban J connectivity index is 1.66.